The number of hydrogen-bond donors (Lipinski definition) is 0. The average Bonchev–Trinajstić information content (AvgIpc) is 2.78. The van der Waals surface area contributed by atoms with Gasteiger partial charge in [0.15, 0.2) is 0 Å². The van der Waals surface area contributed by atoms with E-state index in [-0.39, 0.29) is 11.4 Å². The highest BCUT2D eigenvalue weighted by atomic mass is 16.5. The lowest BCUT2D eigenvalue weighted by Gasteiger charge is -2.19. The second-order valence-electron chi connectivity index (χ2n) is 9.79. The summed E-state index contributed by atoms with van der Waals surface area (Å²) in [5.74, 6) is 0.260. The molecule has 0 heterocycles. The summed E-state index contributed by atoms with van der Waals surface area (Å²) in [5, 5.41) is 0. The lowest BCUT2D eigenvalue weighted by Crippen LogP contribution is -2.12. The lowest BCUT2D eigenvalue weighted by molar-refractivity contribution is -0.130. The third-order valence-corrected chi connectivity index (χ3v) is 5.59. The molecule has 0 amide bonds. The van der Waals surface area contributed by atoms with Crippen molar-refractivity contribution in [2.75, 3.05) is 0 Å². The van der Waals surface area contributed by atoms with Crippen molar-refractivity contribution in [3.05, 3.63) is 77.9 Å². The SMILES string of the molecule is CCCCCC=CCCCCCCC=CC=CC=C(C)C(=O)Oc1ccc(C(C)(C)C)cc1. The predicted octanol–water partition coefficient (Wildman–Crippen LogP) is 9.43. The van der Waals surface area contributed by atoms with Crippen LogP contribution in [-0.2, 0) is 10.2 Å². The molecule has 33 heavy (non-hydrogen) atoms. The molecule has 0 radical (unpaired) electrons. The fourth-order valence-corrected chi connectivity index (χ4v) is 3.34. The fraction of sp³-hybridized carbons (Fsp3) is 0.516. The van der Waals surface area contributed by atoms with E-state index in [9.17, 15) is 4.79 Å². The summed E-state index contributed by atoms with van der Waals surface area (Å²) >= 11 is 0. The van der Waals surface area contributed by atoms with Gasteiger partial charge in [-0.25, -0.2) is 4.79 Å². The Balaban J connectivity index is 2.18. The fourth-order valence-electron chi connectivity index (χ4n) is 3.34. The minimum Gasteiger partial charge on any atom is -0.423 e. The first-order valence-corrected chi connectivity index (χ1v) is 12.8. The van der Waals surface area contributed by atoms with E-state index in [0.717, 1.165) is 6.42 Å². The van der Waals surface area contributed by atoms with Gasteiger partial charge in [-0.15, -0.1) is 0 Å². The number of allylic oxidation sites excluding steroid dienone is 7. The number of ether oxygens (including phenoxy) is 1. The Morgan fingerprint density at radius 1 is 0.788 bits per heavy atom. The molecular weight excluding hydrogens is 404 g/mol. The normalized spacial score (nSPS) is 12.9. The topological polar surface area (TPSA) is 26.3 Å². The largest absolute Gasteiger partial charge is 0.423 e. The molecule has 1 rings (SSSR count). The van der Waals surface area contributed by atoms with Crippen LogP contribution in [0.25, 0.3) is 0 Å². The number of carbonyl (C=O) groups is 1. The summed E-state index contributed by atoms with van der Waals surface area (Å²) in [6.07, 6.45) is 27.3. The highest BCUT2D eigenvalue weighted by Gasteiger charge is 2.14. The molecule has 0 saturated carbocycles. The van der Waals surface area contributed by atoms with Crippen molar-refractivity contribution in [3.63, 3.8) is 0 Å². The zero-order valence-electron chi connectivity index (χ0n) is 21.7. The first-order valence-electron chi connectivity index (χ1n) is 12.8. The summed E-state index contributed by atoms with van der Waals surface area (Å²) in [6.45, 7) is 10.5. The summed E-state index contributed by atoms with van der Waals surface area (Å²) < 4.78 is 5.46. The zero-order valence-corrected chi connectivity index (χ0v) is 21.7. The second kappa shape index (κ2) is 17.2. The molecule has 0 aliphatic carbocycles. The minimum absolute atomic E-state index is 0.0848. The Labute approximate surface area is 203 Å². The molecule has 2 nitrogen and oxygen atoms in total. The maximum Gasteiger partial charge on any atom is 0.339 e. The van der Waals surface area contributed by atoms with E-state index in [1.54, 1.807) is 13.0 Å². The Kier molecular flexibility index (Phi) is 14.9. The first kappa shape index (κ1) is 28.7. The summed E-state index contributed by atoms with van der Waals surface area (Å²) in [6, 6.07) is 7.74. The van der Waals surface area contributed by atoms with Crippen LogP contribution in [0.5, 0.6) is 5.75 Å². The molecule has 1 aromatic rings. The highest BCUT2D eigenvalue weighted by molar-refractivity contribution is 5.89. The van der Waals surface area contributed by atoms with E-state index >= 15 is 0 Å². The van der Waals surface area contributed by atoms with E-state index in [0.29, 0.717) is 11.3 Å². The summed E-state index contributed by atoms with van der Waals surface area (Å²) in [5.41, 5.74) is 1.88. The van der Waals surface area contributed by atoms with Crippen LogP contribution < -0.4 is 4.74 Å². The number of rotatable bonds is 15. The number of carbonyl (C=O) groups excluding carboxylic acids is 1. The van der Waals surface area contributed by atoms with Crippen LogP contribution in [-0.4, -0.2) is 5.97 Å². The van der Waals surface area contributed by atoms with Crippen molar-refractivity contribution in [1.29, 1.82) is 0 Å². The van der Waals surface area contributed by atoms with Gasteiger partial charge in [0.05, 0.1) is 0 Å². The van der Waals surface area contributed by atoms with Gasteiger partial charge in [0.2, 0.25) is 0 Å². The van der Waals surface area contributed by atoms with Crippen molar-refractivity contribution in [2.45, 2.75) is 104 Å². The van der Waals surface area contributed by atoms with E-state index in [4.69, 9.17) is 4.74 Å². The van der Waals surface area contributed by atoms with Crippen LogP contribution in [0.1, 0.15) is 104 Å². The van der Waals surface area contributed by atoms with Crippen LogP contribution in [0.2, 0.25) is 0 Å². The van der Waals surface area contributed by atoms with E-state index in [2.05, 4.69) is 52.0 Å². The van der Waals surface area contributed by atoms with E-state index in [1.165, 1.54) is 63.4 Å². The van der Waals surface area contributed by atoms with Crippen molar-refractivity contribution in [3.8, 4) is 5.75 Å². The minimum atomic E-state index is -0.317. The predicted molar refractivity (Wildman–Crippen MR) is 144 cm³/mol. The first-order chi connectivity index (χ1) is 15.8. The van der Waals surface area contributed by atoms with Crippen molar-refractivity contribution in [2.24, 2.45) is 0 Å². The molecular formula is C31H46O2. The van der Waals surface area contributed by atoms with Gasteiger partial charge in [0.1, 0.15) is 5.75 Å². The molecule has 0 aromatic heterocycles. The maximum atomic E-state index is 12.2. The number of benzene rings is 1. The average molecular weight is 451 g/mol. The smallest absolute Gasteiger partial charge is 0.339 e. The van der Waals surface area contributed by atoms with Gasteiger partial charge in [-0.05, 0) is 68.6 Å². The summed E-state index contributed by atoms with van der Waals surface area (Å²) in [7, 11) is 0. The van der Waals surface area contributed by atoms with Gasteiger partial charge in [-0.2, -0.15) is 0 Å². The van der Waals surface area contributed by atoms with Crippen molar-refractivity contribution >= 4 is 5.97 Å². The molecule has 182 valence electrons. The van der Waals surface area contributed by atoms with Gasteiger partial charge >= 0.3 is 5.97 Å². The third kappa shape index (κ3) is 14.4. The van der Waals surface area contributed by atoms with E-state index in [1.807, 2.05) is 36.4 Å². The van der Waals surface area contributed by atoms with Gasteiger partial charge in [0.25, 0.3) is 0 Å². The molecule has 0 fully saturated rings. The van der Waals surface area contributed by atoms with Gasteiger partial charge < -0.3 is 4.74 Å². The molecule has 0 unspecified atom stereocenters. The van der Waals surface area contributed by atoms with Crippen LogP contribution in [0.3, 0.4) is 0 Å². The molecule has 0 aliphatic rings. The molecule has 0 N–H and O–H groups in total. The molecule has 0 bridgehead atoms. The second-order valence-corrected chi connectivity index (χ2v) is 9.79. The number of unbranched alkanes of at least 4 members (excludes halogenated alkanes) is 8. The van der Waals surface area contributed by atoms with Crippen molar-refractivity contribution < 1.29 is 9.53 Å². The zero-order chi connectivity index (χ0) is 24.4. The molecule has 0 atom stereocenters. The standard InChI is InChI=1S/C31H46O2/c1-6-7-8-9-10-11-12-13-14-15-16-17-18-19-20-21-22-27(2)30(32)33-29-25-23-28(24-26-29)31(3,4)5/h10-11,18-26H,6-9,12-17H2,1-5H3. The van der Waals surface area contributed by atoms with Crippen molar-refractivity contribution in [1.82, 2.24) is 0 Å². The van der Waals surface area contributed by atoms with Gasteiger partial charge in [-0.1, -0.05) is 108 Å². The Bertz CT molecular complexity index is 770. The van der Waals surface area contributed by atoms with Crippen LogP contribution >= 0.6 is 0 Å². The molecule has 2 heteroatoms. The van der Waals surface area contributed by atoms with Crippen LogP contribution in [0.15, 0.2) is 72.4 Å². The third-order valence-electron chi connectivity index (χ3n) is 5.59. The quantitative estimate of drug-likeness (QED) is 0.0664. The Morgan fingerprint density at radius 3 is 1.94 bits per heavy atom. The van der Waals surface area contributed by atoms with Crippen LogP contribution in [0.4, 0.5) is 0 Å². The number of esters is 1. The van der Waals surface area contributed by atoms with Gasteiger partial charge in [0, 0.05) is 5.57 Å². The maximum absolute atomic E-state index is 12.2. The van der Waals surface area contributed by atoms with E-state index < -0.39 is 0 Å². The molecule has 0 saturated heterocycles. The van der Waals surface area contributed by atoms with Crippen LogP contribution in [0, 0.1) is 0 Å². The molecule has 1 aromatic carbocycles. The summed E-state index contributed by atoms with van der Waals surface area (Å²) in [4.78, 5) is 12.2. The molecule has 0 aliphatic heterocycles. The highest BCUT2D eigenvalue weighted by Crippen LogP contribution is 2.24. The molecule has 0 spiro atoms. The van der Waals surface area contributed by atoms with Gasteiger partial charge in [-0.3, -0.25) is 0 Å². The lowest BCUT2D eigenvalue weighted by atomic mass is 9.87. The monoisotopic (exact) mass is 450 g/mol. The number of hydrogen-bond acceptors (Lipinski definition) is 2. The Morgan fingerprint density at radius 2 is 1.36 bits per heavy atom. The Hall–Kier alpha value is -2.35.